The van der Waals surface area contributed by atoms with E-state index in [0.717, 1.165) is 23.1 Å². The summed E-state index contributed by atoms with van der Waals surface area (Å²) in [6.45, 7) is 0.264. The molecule has 0 aromatic heterocycles. The van der Waals surface area contributed by atoms with Gasteiger partial charge in [0.1, 0.15) is 11.9 Å². The number of hydrogen-bond acceptors (Lipinski definition) is 4. The fraction of sp³-hybridized carbons (Fsp3) is 0.333. The van der Waals surface area contributed by atoms with Gasteiger partial charge in [-0.1, -0.05) is 0 Å². The Hall–Kier alpha value is -2.71. The molecule has 21 heavy (non-hydrogen) atoms. The highest BCUT2D eigenvalue weighted by molar-refractivity contribution is 5.93. The number of aliphatic carboxylic acids is 1. The molecule has 0 saturated carbocycles. The third-order valence-electron chi connectivity index (χ3n) is 3.14. The molecule has 112 valence electrons. The predicted molar refractivity (Wildman–Crippen MR) is 69.4 cm³/mol. The van der Waals surface area contributed by atoms with Gasteiger partial charge in [-0.05, 0) is 18.9 Å². The Labute approximate surface area is 118 Å². The van der Waals surface area contributed by atoms with Crippen molar-refractivity contribution in [2.24, 2.45) is 0 Å². The Balaban J connectivity index is 2.16. The quantitative estimate of drug-likeness (QED) is 0.652. The van der Waals surface area contributed by atoms with Crippen molar-refractivity contribution in [3.05, 3.63) is 34.1 Å². The van der Waals surface area contributed by atoms with Crippen LogP contribution in [0.15, 0.2) is 18.2 Å². The summed E-state index contributed by atoms with van der Waals surface area (Å²) in [6.07, 6.45) is 0.889. The molecule has 1 heterocycles. The van der Waals surface area contributed by atoms with E-state index < -0.39 is 34.5 Å². The number of non-ortho nitro benzene ring substituents is 1. The smallest absolute Gasteiger partial charge is 0.326 e. The summed E-state index contributed by atoms with van der Waals surface area (Å²) in [5, 5.41) is 21.9. The number of carbonyl (C=O) groups excluding carboxylic acids is 1. The fourth-order valence-corrected chi connectivity index (χ4v) is 2.21. The maximum atomic E-state index is 13.3. The van der Waals surface area contributed by atoms with Crippen molar-refractivity contribution in [2.45, 2.75) is 18.9 Å². The molecule has 0 aliphatic carbocycles. The van der Waals surface area contributed by atoms with Crippen molar-refractivity contribution < 1.29 is 24.0 Å². The van der Waals surface area contributed by atoms with Crippen LogP contribution in [0.3, 0.4) is 0 Å². The van der Waals surface area contributed by atoms with E-state index in [1.807, 2.05) is 0 Å². The van der Waals surface area contributed by atoms with Crippen molar-refractivity contribution in [1.82, 2.24) is 4.90 Å². The molecular weight excluding hydrogens is 285 g/mol. The molecule has 0 radical (unpaired) electrons. The van der Waals surface area contributed by atoms with Crippen molar-refractivity contribution >= 4 is 23.4 Å². The van der Waals surface area contributed by atoms with E-state index in [0.29, 0.717) is 12.8 Å². The maximum absolute atomic E-state index is 13.3. The second-order valence-electron chi connectivity index (χ2n) is 4.58. The third kappa shape index (κ3) is 3.25. The van der Waals surface area contributed by atoms with E-state index in [1.165, 1.54) is 0 Å². The van der Waals surface area contributed by atoms with Gasteiger partial charge >= 0.3 is 12.0 Å². The predicted octanol–water partition coefficient (Wildman–Crippen LogP) is 1.81. The van der Waals surface area contributed by atoms with Crippen LogP contribution in [0.4, 0.5) is 20.6 Å². The molecule has 0 bridgehead atoms. The van der Waals surface area contributed by atoms with Crippen LogP contribution in [-0.2, 0) is 4.79 Å². The number of nitrogens with zero attached hydrogens (tertiary/aromatic N) is 2. The fourth-order valence-electron chi connectivity index (χ4n) is 2.21. The van der Waals surface area contributed by atoms with Crippen molar-refractivity contribution in [3.8, 4) is 0 Å². The molecule has 1 saturated heterocycles. The zero-order valence-electron chi connectivity index (χ0n) is 10.8. The monoisotopic (exact) mass is 297 g/mol. The summed E-state index contributed by atoms with van der Waals surface area (Å²) in [5.74, 6) is -1.98. The highest BCUT2D eigenvalue weighted by Gasteiger charge is 2.34. The van der Waals surface area contributed by atoms with Gasteiger partial charge < -0.3 is 15.3 Å². The zero-order chi connectivity index (χ0) is 15.6. The summed E-state index contributed by atoms with van der Waals surface area (Å²) in [5.41, 5.74) is -0.593. The van der Waals surface area contributed by atoms with Crippen molar-refractivity contribution in [1.29, 1.82) is 0 Å². The molecule has 1 aromatic rings. The van der Waals surface area contributed by atoms with E-state index in [9.17, 15) is 24.1 Å². The molecule has 1 aliphatic heterocycles. The SMILES string of the molecule is O=C(O)[C@H]1CCCN1C(=O)Nc1cc(F)cc([N+](=O)[O-])c1. The maximum Gasteiger partial charge on any atom is 0.326 e. The van der Waals surface area contributed by atoms with Gasteiger partial charge in [-0.15, -0.1) is 0 Å². The van der Waals surface area contributed by atoms with Crippen LogP contribution in [-0.4, -0.2) is 39.5 Å². The summed E-state index contributed by atoms with van der Waals surface area (Å²) in [6, 6.07) is 1.00. The Bertz CT molecular complexity index is 607. The number of anilines is 1. The topological polar surface area (TPSA) is 113 Å². The van der Waals surface area contributed by atoms with Gasteiger partial charge in [-0.25, -0.2) is 14.0 Å². The van der Waals surface area contributed by atoms with Crippen LogP contribution < -0.4 is 5.32 Å². The molecule has 9 heteroatoms. The standard InChI is InChI=1S/C12H12FN3O5/c13-7-4-8(6-9(5-7)16(20)21)14-12(19)15-3-1-2-10(15)11(17)18/h4-6,10H,1-3H2,(H,14,19)(H,17,18)/t10-/m1/s1. The van der Waals surface area contributed by atoms with Crippen LogP contribution >= 0.6 is 0 Å². The number of nitro benzene ring substituents is 1. The average molecular weight is 297 g/mol. The van der Waals surface area contributed by atoms with Crippen LogP contribution in [0.2, 0.25) is 0 Å². The summed E-state index contributed by atoms with van der Waals surface area (Å²) < 4.78 is 13.3. The molecule has 2 amide bonds. The van der Waals surface area contributed by atoms with Gasteiger partial charge in [0.05, 0.1) is 16.7 Å². The minimum Gasteiger partial charge on any atom is -0.480 e. The van der Waals surface area contributed by atoms with E-state index in [2.05, 4.69) is 5.32 Å². The first-order valence-electron chi connectivity index (χ1n) is 6.14. The number of hydrogen-bond donors (Lipinski definition) is 2. The van der Waals surface area contributed by atoms with Gasteiger partial charge in [0, 0.05) is 12.6 Å². The minimum atomic E-state index is -1.12. The number of urea groups is 1. The first kappa shape index (κ1) is 14.7. The normalized spacial score (nSPS) is 17.6. The Morgan fingerprint density at radius 1 is 1.43 bits per heavy atom. The number of rotatable bonds is 3. The number of benzene rings is 1. The number of halogens is 1. The number of nitro groups is 1. The number of carboxylic acids is 1. The number of carbonyl (C=O) groups is 2. The number of amides is 2. The minimum absolute atomic E-state index is 0.0947. The highest BCUT2D eigenvalue weighted by Crippen LogP contribution is 2.22. The summed E-state index contributed by atoms with van der Waals surface area (Å²) in [4.78, 5) is 33.9. The molecule has 1 fully saturated rings. The molecular formula is C12H12FN3O5. The second-order valence-corrected chi connectivity index (χ2v) is 4.58. The molecule has 1 atom stereocenters. The van der Waals surface area contributed by atoms with E-state index in [-0.39, 0.29) is 12.2 Å². The molecule has 2 rings (SSSR count). The van der Waals surface area contributed by atoms with Crippen LogP contribution in [0.5, 0.6) is 0 Å². The Morgan fingerprint density at radius 2 is 2.14 bits per heavy atom. The summed E-state index contributed by atoms with van der Waals surface area (Å²) >= 11 is 0. The van der Waals surface area contributed by atoms with Gasteiger partial charge in [0.2, 0.25) is 0 Å². The second kappa shape index (κ2) is 5.73. The van der Waals surface area contributed by atoms with Gasteiger partial charge in [-0.2, -0.15) is 0 Å². The first-order chi connectivity index (χ1) is 9.88. The Morgan fingerprint density at radius 3 is 2.76 bits per heavy atom. The molecule has 8 nitrogen and oxygen atoms in total. The lowest BCUT2D eigenvalue weighted by molar-refractivity contribution is -0.385. The lowest BCUT2D eigenvalue weighted by Crippen LogP contribution is -2.42. The third-order valence-corrected chi connectivity index (χ3v) is 3.14. The van der Waals surface area contributed by atoms with Crippen LogP contribution in [0, 0.1) is 15.9 Å². The molecule has 1 aromatic carbocycles. The van der Waals surface area contributed by atoms with Crippen molar-refractivity contribution in [2.75, 3.05) is 11.9 Å². The highest BCUT2D eigenvalue weighted by atomic mass is 19.1. The van der Waals surface area contributed by atoms with Gasteiger partial charge in [0.15, 0.2) is 0 Å². The summed E-state index contributed by atoms with van der Waals surface area (Å²) in [7, 11) is 0. The van der Waals surface area contributed by atoms with Gasteiger partial charge in [0.25, 0.3) is 5.69 Å². The number of likely N-dealkylation sites (tertiary alicyclic amines) is 1. The van der Waals surface area contributed by atoms with E-state index in [4.69, 9.17) is 5.11 Å². The number of nitrogens with one attached hydrogen (secondary N) is 1. The number of carboxylic acid groups (broad SMARTS) is 1. The molecule has 0 spiro atoms. The lowest BCUT2D eigenvalue weighted by Gasteiger charge is -2.21. The largest absolute Gasteiger partial charge is 0.480 e. The molecule has 0 unspecified atom stereocenters. The van der Waals surface area contributed by atoms with Crippen LogP contribution in [0.25, 0.3) is 0 Å². The van der Waals surface area contributed by atoms with E-state index in [1.54, 1.807) is 0 Å². The Kier molecular flexibility index (Phi) is 4.01. The average Bonchev–Trinajstić information content (AvgIpc) is 2.87. The van der Waals surface area contributed by atoms with Crippen molar-refractivity contribution in [3.63, 3.8) is 0 Å². The first-order valence-corrected chi connectivity index (χ1v) is 6.14. The molecule has 2 N–H and O–H groups in total. The van der Waals surface area contributed by atoms with E-state index >= 15 is 0 Å². The lowest BCUT2D eigenvalue weighted by atomic mass is 10.2. The van der Waals surface area contributed by atoms with Crippen LogP contribution in [0.1, 0.15) is 12.8 Å². The molecule has 1 aliphatic rings. The van der Waals surface area contributed by atoms with Gasteiger partial charge in [-0.3, -0.25) is 10.1 Å². The zero-order valence-corrected chi connectivity index (χ0v) is 10.8.